The van der Waals surface area contributed by atoms with Crippen LogP contribution in [0.1, 0.15) is 59.8 Å². The summed E-state index contributed by atoms with van der Waals surface area (Å²) in [5.74, 6) is 6.03. The number of hydrogen-bond donors (Lipinski definition) is 0. The monoisotopic (exact) mass is 208 g/mol. The first kappa shape index (κ1) is 11.5. The summed E-state index contributed by atoms with van der Waals surface area (Å²) < 4.78 is 0. The number of hydrogen-bond acceptors (Lipinski definition) is 0. The van der Waals surface area contributed by atoms with Crippen LogP contribution in [0.3, 0.4) is 0 Å². The molecular formula is C15H28. The van der Waals surface area contributed by atoms with Gasteiger partial charge in [-0.2, -0.15) is 0 Å². The molecule has 0 heteroatoms. The average molecular weight is 208 g/mol. The van der Waals surface area contributed by atoms with Crippen LogP contribution in [0.15, 0.2) is 0 Å². The predicted octanol–water partition coefficient (Wildman–Crippen LogP) is 4.74. The Balaban J connectivity index is 2.10. The van der Waals surface area contributed by atoms with Gasteiger partial charge in [0.2, 0.25) is 0 Å². The number of fused-ring (bicyclic) bond motifs is 1. The Labute approximate surface area is 95.8 Å². The van der Waals surface area contributed by atoms with Crippen molar-refractivity contribution in [2.24, 2.45) is 35.5 Å². The Kier molecular flexibility index (Phi) is 3.42. The fraction of sp³-hybridized carbons (Fsp3) is 1.00. The largest absolute Gasteiger partial charge is 0.0625 e. The van der Waals surface area contributed by atoms with E-state index in [1.54, 1.807) is 0 Å². The van der Waals surface area contributed by atoms with Crippen molar-refractivity contribution in [2.75, 3.05) is 0 Å². The van der Waals surface area contributed by atoms with Crippen LogP contribution in [-0.2, 0) is 0 Å². The zero-order valence-corrected chi connectivity index (χ0v) is 11.0. The molecule has 0 nitrogen and oxygen atoms in total. The lowest BCUT2D eigenvalue weighted by molar-refractivity contribution is 0.00963. The molecule has 2 saturated carbocycles. The summed E-state index contributed by atoms with van der Waals surface area (Å²) in [5.41, 5.74) is 0. The molecule has 0 saturated heterocycles. The van der Waals surface area contributed by atoms with E-state index in [2.05, 4.69) is 27.7 Å². The van der Waals surface area contributed by atoms with Gasteiger partial charge in [-0.15, -0.1) is 0 Å². The Morgan fingerprint density at radius 1 is 0.933 bits per heavy atom. The van der Waals surface area contributed by atoms with Crippen molar-refractivity contribution in [2.45, 2.75) is 59.8 Å². The quantitative estimate of drug-likeness (QED) is 0.584. The van der Waals surface area contributed by atoms with Crippen LogP contribution < -0.4 is 0 Å². The molecule has 2 aliphatic rings. The van der Waals surface area contributed by atoms with Gasteiger partial charge >= 0.3 is 0 Å². The molecule has 0 bridgehead atoms. The molecule has 15 heavy (non-hydrogen) atoms. The minimum absolute atomic E-state index is 0.898. The van der Waals surface area contributed by atoms with Crippen LogP contribution >= 0.6 is 0 Å². The number of rotatable bonds is 1. The molecule has 5 atom stereocenters. The van der Waals surface area contributed by atoms with Gasteiger partial charge in [0.05, 0.1) is 0 Å². The molecule has 0 aromatic rings. The molecule has 0 amide bonds. The Bertz CT molecular complexity index is 206. The van der Waals surface area contributed by atoms with Crippen molar-refractivity contribution >= 4 is 0 Å². The third-order valence-electron chi connectivity index (χ3n) is 5.45. The molecule has 0 N–H and O–H groups in total. The van der Waals surface area contributed by atoms with Crippen molar-refractivity contribution in [1.82, 2.24) is 0 Å². The molecule has 1 unspecified atom stereocenters. The maximum Gasteiger partial charge on any atom is -0.0332 e. The summed E-state index contributed by atoms with van der Waals surface area (Å²) in [4.78, 5) is 0. The smallest absolute Gasteiger partial charge is 0.0332 e. The van der Waals surface area contributed by atoms with Gasteiger partial charge in [0.15, 0.2) is 0 Å². The molecule has 2 fully saturated rings. The van der Waals surface area contributed by atoms with Crippen LogP contribution in [0, 0.1) is 35.5 Å². The minimum Gasteiger partial charge on any atom is -0.0625 e. The van der Waals surface area contributed by atoms with E-state index in [1.807, 2.05) is 0 Å². The summed E-state index contributed by atoms with van der Waals surface area (Å²) in [7, 11) is 0. The second-order valence-corrected chi connectivity index (χ2v) is 6.59. The van der Waals surface area contributed by atoms with Crippen LogP contribution in [-0.4, -0.2) is 0 Å². The van der Waals surface area contributed by atoms with Gasteiger partial charge in [0, 0.05) is 0 Å². The zero-order valence-electron chi connectivity index (χ0n) is 11.0. The molecular weight excluding hydrogens is 180 g/mol. The molecule has 0 aromatic heterocycles. The molecule has 2 rings (SSSR count). The van der Waals surface area contributed by atoms with Crippen LogP contribution in [0.2, 0.25) is 0 Å². The first-order valence-electron chi connectivity index (χ1n) is 7.11. The molecule has 0 heterocycles. The SMILES string of the molecule is CC(C)[C@H]1CC[C@H]2CCC[C@@H](C)[C@@H]2C1C. The highest BCUT2D eigenvalue weighted by Gasteiger charge is 2.41. The second kappa shape index (κ2) is 4.47. The maximum absolute atomic E-state index is 2.54. The molecule has 0 aliphatic heterocycles. The normalized spacial score (nSPS) is 46.6. The van der Waals surface area contributed by atoms with Gasteiger partial charge in [0.1, 0.15) is 0 Å². The second-order valence-electron chi connectivity index (χ2n) is 6.59. The first-order valence-corrected chi connectivity index (χ1v) is 7.11. The summed E-state index contributed by atoms with van der Waals surface area (Å²) in [6.07, 6.45) is 7.57. The van der Waals surface area contributed by atoms with Gasteiger partial charge in [0.25, 0.3) is 0 Å². The highest BCUT2D eigenvalue weighted by molar-refractivity contribution is 4.91. The summed E-state index contributed by atoms with van der Waals surface area (Å²) in [5, 5.41) is 0. The fourth-order valence-electron chi connectivity index (χ4n) is 4.73. The van der Waals surface area contributed by atoms with Crippen LogP contribution in [0.25, 0.3) is 0 Å². The lowest BCUT2D eigenvalue weighted by atomic mass is 9.57. The standard InChI is InChI=1S/C15H28/c1-10(2)14-9-8-13-7-5-6-11(3)15(13)12(14)4/h10-15H,5-9H2,1-4H3/t11-,12?,13-,14-,15-/m1/s1. The predicted molar refractivity (Wildman–Crippen MR) is 66.7 cm³/mol. The van der Waals surface area contributed by atoms with E-state index in [1.165, 1.54) is 32.1 Å². The average Bonchev–Trinajstić information content (AvgIpc) is 2.17. The summed E-state index contributed by atoms with van der Waals surface area (Å²) in [6.45, 7) is 9.91. The Hall–Kier alpha value is 0. The van der Waals surface area contributed by atoms with Gasteiger partial charge in [-0.05, 0) is 48.3 Å². The third kappa shape index (κ3) is 2.10. The van der Waals surface area contributed by atoms with Crippen molar-refractivity contribution in [1.29, 1.82) is 0 Å². The van der Waals surface area contributed by atoms with E-state index in [0.717, 1.165) is 35.5 Å². The summed E-state index contributed by atoms with van der Waals surface area (Å²) >= 11 is 0. The molecule has 0 radical (unpaired) electrons. The van der Waals surface area contributed by atoms with Crippen molar-refractivity contribution < 1.29 is 0 Å². The molecule has 88 valence electrons. The fourth-order valence-corrected chi connectivity index (χ4v) is 4.73. The van der Waals surface area contributed by atoms with Crippen LogP contribution in [0.5, 0.6) is 0 Å². The molecule has 2 aliphatic carbocycles. The lowest BCUT2D eigenvalue weighted by Crippen LogP contribution is -2.40. The minimum atomic E-state index is 0.898. The van der Waals surface area contributed by atoms with E-state index in [-0.39, 0.29) is 0 Å². The Morgan fingerprint density at radius 2 is 1.67 bits per heavy atom. The maximum atomic E-state index is 2.54. The Morgan fingerprint density at radius 3 is 2.33 bits per heavy atom. The van der Waals surface area contributed by atoms with E-state index in [9.17, 15) is 0 Å². The highest BCUT2D eigenvalue weighted by atomic mass is 14.5. The van der Waals surface area contributed by atoms with Gasteiger partial charge in [-0.25, -0.2) is 0 Å². The van der Waals surface area contributed by atoms with E-state index in [4.69, 9.17) is 0 Å². The van der Waals surface area contributed by atoms with Crippen molar-refractivity contribution in [3.63, 3.8) is 0 Å². The van der Waals surface area contributed by atoms with E-state index >= 15 is 0 Å². The van der Waals surface area contributed by atoms with Crippen LogP contribution in [0.4, 0.5) is 0 Å². The lowest BCUT2D eigenvalue weighted by Gasteiger charge is -2.48. The van der Waals surface area contributed by atoms with Gasteiger partial charge in [-0.3, -0.25) is 0 Å². The van der Waals surface area contributed by atoms with Gasteiger partial charge in [-0.1, -0.05) is 47.0 Å². The van der Waals surface area contributed by atoms with Crippen molar-refractivity contribution in [3.8, 4) is 0 Å². The van der Waals surface area contributed by atoms with E-state index < -0.39 is 0 Å². The summed E-state index contributed by atoms with van der Waals surface area (Å²) in [6, 6.07) is 0. The van der Waals surface area contributed by atoms with E-state index in [0.29, 0.717) is 0 Å². The first-order chi connectivity index (χ1) is 7.11. The van der Waals surface area contributed by atoms with Crippen molar-refractivity contribution in [3.05, 3.63) is 0 Å². The third-order valence-corrected chi connectivity index (χ3v) is 5.45. The molecule has 0 spiro atoms. The highest BCUT2D eigenvalue weighted by Crippen LogP contribution is 2.50. The topological polar surface area (TPSA) is 0 Å². The molecule has 0 aromatic carbocycles. The van der Waals surface area contributed by atoms with Gasteiger partial charge < -0.3 is 0 Å². The zero-order chi connectivity index (χ0) is 11.0.